The van der Waals surface area contributed by atoms with Crippen LogP contribution in [0.4, 0.5) is 14.6 Å². The number of aromatic nitrogens is 4. The molecule has 1 aromatic carbocycles. The van der Waals surface area contributed by atoms with Gasteiger partial charge in [0.2, 0.25) is 5.91 Å². The van der Waals surface area contributed by atoms with Crippen LogP contribution in [0, 0.1) is 17.6 Å². The van der Waals surface area contributed by atoms with Crippen LogP contribution in [0.5, 0.6) is 0 Å². The van der Waals surface area contributed by atoms with Crippen LogP contribution in [0.15, 0.2) is 54.9 Å². The molecular formula is C29H31F2N7O. The van der Waals surface area contributed by atoms with Crippen molar-refractivity contribution < 1.29 is 13.6 Å². The summed E-state index contributed by atoms with van der Waals surface area (Å²) in [6.07, 6.45) is 6.61. The number of hydrogen-bond acceptors (Lipinski definition) is 6. The van der Waals surface area contributed by atoms with Gasteiger partial charge < -0.3 is 15.2 Å². The largest absolute Gasteiger partial charge is 0.384 e. The third-order valence-corrected chi connectivity index (χ3v) is 7.96. The summed E-state index contributed by atoms with van der Waals surface area (Å²) in [7, 11) is 0. The quantitative estimate of drug-likeness (QED) is 0.410. The van der Waals surface area contributed by atoms with Gasteiger partial charge in [-0.15, -0.1) is 0 Å². The predicted molar refractivity (Wildman–Crippen MR) is 144 cm³/mol. The van der Waals surface area contributed by atoms with Crippen molar-refractivity contribution in [3.8, 4) is 11.4 Å². The highest BCUT2D eigenvalue weighted by molar-refractivity contribution is 5.79. The van der Waals surface area contributed by atoms with E-state index in [0.717, 1.165) is 56.9 Å². The van der Waals surface area contributed by atoms with E-state index < -0.39 is 11.6 Å². The number of nitrogens with zero attached hydrogens (tertiary/aromatic N) is 6. The number of piperidine rings is 2. The number of anilines is 1. The van der Waals surface area contributed by atoms with Gasteiger partial charge in [0.25, 0.3) is 0 Å². The molecule has 8 nitrogen and oxygen atoms in total. The van der Waals surface area contributed by atoms with Gasteiger partial charge in [0, 0.05) is 49.6 Å². The third-order valence-electron chi connectivity index (χ3n) is 7.96. The Morgan fingerprint density at radius 3 is 2.46 bits per heavy atom. The summed E-state index contributed by atoms with van der Waals surface area (Å²) in [5.74, 6) is -0.438. The Balaban J connectivity index is 1.11. The van der Waals surface area contributed by atoms with Crippen molar-refractivity contribution in [1.82, 2.24) is 29.3 Å². The molecule has 4 aromatic rings. The first-order valence-corrected chi connectivity index (χ1v) is 13.5. The number of likely N-dealkylation sites (tertiary alicyclic amines) is 2. The van der Waals surface area contributed by atoms with Crippen LogP contribution < -0.4 is 5.73 Å². The van der Waals surface area contributed by atoms with Gasteiger partial charge in [0.05, 0.1) is 0 Å². The van der Waals surface area contributed by atoms with Gasteiger partial charge in [-0.2, -0.15) is 0 Å². The van der Waals surface area contributed by atoms with E-state index >= 15 is 0 Å². The molecule has 0 atom stereocenters. The van der Waals surface area contributed by atoms with Crippen LogP contribution in [-0.4, -0.2) is 61.4 Å². The Morgan fingerprint density at radius 2 is 1.72 bits per heavy atom. The Labute approximate surface area is 225 Å². The molecule has 1 amide bonds. The van der Waals surface area contributed by atoms with Gasteiger partial charge in [-0.3, -0.25) is 9.69 Å². The zero-order chi connectivity index (χ0) is 26.9. The Morgan fingerprint density at radius 1 is 0.923 bits per heavy atom. The average Bonchev–Trinajstić information content (AvgIpc) is 3.34. The predicted octanol–water partition coefficient (Wildman–Crippen LogP) is 4.43. The number of hydrogen-bond donors (Lipinski definition) is 1. The molecule has 0 radical (unpaired) electrons. The van der Waals surface area contributed by atoms with E-state index in [9.17, 15) is 13.6 Å². The van der Waals surface area contributed by atoms with Crippen LogP contribution in [0.3, 0.4) is 0 Å². The van der Waals surface area contributed by atoms with Crippen LogP contribution in [0.25, 0.3) is 22.6 Å². The molecule has 2 N–H and O–H groups in total. The maximum absolute atomic E-state index is 14.1. The molecule has 0 bridgehead atoms. The third kappa shape index (κ3) is 5.21. The van der Waals surface area contributed by atoms with E-state index in [1.54, 1.807) is 18.5 Å². The van der Waals surface area contributed by atoms with E-state index in [2.05, 4.69) is 14.9 Å². The number of halogens is 2. The summed E-state index contributed by atoms with van der Waals surface area (Å²) in [4.78, 5) is 31.1. The lowest BCUT2D eigenvalue weighted by Crippen LogP contribution is -2.45. The minimum Gasteiger partial charge on any atom is -0.384 e. The molecule has 5 heterocycles. The SMILES string of the molecule is Nc1cc(CN2CCC(C(=O)N3CCC(n4c(-c5ccc(F)c(F)c5)nc5cccnc54)CC3)CC2)ccn1. The summed E-state index contributed by atoms with van der Waals surface area (Å²) >= 11 is 0. The van der Waals surface area contributed by atoms with Crippen molar-refractivity contribution in [2.24, 2.45) is 5.92 Å². The normalized spacial score (nSPS) is 17.6. The van der Waals surface area contributed by atoms with Crippen LogP contribution in [0.1, 0.15) is 37.3 Å². The minimum absolute atomic E-state index is 0.0359. The highest BCUT2D eigenvalue weighted by atomic mass is 19.2. The molecule has 0 saturated carbocycles. The van der Waals surface area contributed by atoms with Gasteiger partial charge in [0.15, 0.2) is 17.3 Å². The van der Waals surface area contributed by atoms with Crippen molar-refractivity contribution in [3.63, 3.8) is 0 Å². The summed E-state index contributed by atoms with van der Waals surface area (Å²) in [6, 6.07) is 11.5. The maximum Gasteiger partial charge on any atom is 0.225 e. The topological polar surface area (TPSA) is 93.2 Å². The van der Waals surface area contributed by atoms with Crippen LogP contribution in [0.2, 0.25) is 0 Å². The fourth-order valence-electron chi connectivity index (χ4n) is 5.91. The number of nitrogen functional groups attached to an aromatic ring is 1. The zero-order valence-corrected chi connectivity index (χ0v) is 21.6. The number of fused-ring (bicyclic) bond motifs is 1. The molecule has 39 heavy (non-hydrogen) atoms. The van der Waals surface area contributed by atoms with Gasteiger partial charge in [-0.25, -0.2) is 23.7 Å². The van der Waals surface area contributed by atoms with E-state index in [1.807, 2.05) is 33.7 Å². The summed E-state index contributed by atoms with van der Waals surface area (Å²) in [5.41, 5.74) is 8.87. The van der Waals surface area contributed by atoms with Gasteiger partial charge in [-0.05, 0) is 86.8 Å². The van der Waals surface area contributed by atoms with Gasteiger partial charge >= 0.3 is 0 Å². The van der Waals surface area contributed by atoms with Crippen molar-refractivity contribution in [1.29, 1.82) is 0 Å². The average molecular weight is 532 g/mol. The highest BCUT2D eigenvalue weighted by Crippen LogP contribution is 2.34. The van der Waals surface area contributed by atoms with E-state index in [-0.39, 0.29) is 17.9 Å². The highest BCUT2D eigenvalue weighted by Gasteiger charge is 2.32. The second kappa shape index (κ2) is 10.7. The molecule has 2 fully saturated rings. The monoisotopic (exact) mass is 531 g/mol. The smallest absolute Gasteiger partial charge is 0.225 e. The number of nitrogens with two attached hydrogens (primary N) is 1. The second-order valence-electron chi connectivity index (χ2n) is 10.5. The Bertz CT molecular complexity index is 1490. The summed E-state index contributed by atoms with van der Waals surface area (Å²) < 4.78 is 29.7. The molecule has 2 aliphatic heterocycles. The molecule has 3 aromatic heterocycles. The molecule has 2 saturated heterocycles. The van der Waals surface area contributed by atoms with Crippen LogP contribution in [-0.2, 0) is 11.3 Å². The molecular weight excluding hydrogens is 500 g/mol. The fourth-order valence-corrected chi connectivity index (χ4v) is 5.91. The van der Waals surface area contributed by atoms with Gasteiger partial charge in [-0.1, -0.05) is 0 Å². The molecule has 0 unspecified atom stereocenters. The van der Waals surface area contributed by atoms with Gasteiger partial charge in [0.1, 0.15) is 17.2 Å². The lowest BCUT2D eigenvalue weighted by molar-refractivity contribution is -0.138. The van der Waals surface area contributed by atoms with E-state index in [4.69, 9.17) is 10.7 Å². The zero-order valence-electron chi connectivity index (χ0n) is 21.6. The maximum atomic E-state index is 14.1. The molecule has 6 rings (SSSR count). The molecule has 10 heteroatoms. The first-order chi connectivity index (χ1) is 19.0. The minimum atomic E-state index is -0.907. The van der Waals surface area contributed by atoms with Crippen molar-refractivity contribution in [3.05, 3.63) is 72.1 Å². The summed E-state index contributed by atoms with van der Waals surface area (Å²) in [6.45, 7) is 3.85. The van der Waals surface area contributed by atoms with Crippen molar-refractivity contribution >= 4 is 22.9 Å². The standard InChI is InChI=1S/C29H31F2N7O/c30-23-4-3-21(17-24(23)31)27-35-25-2-1-10-34-28(25)38(27)22-8-14-37(15-9-22)29(39)20-6-12-36(13-7-20)18-19-5-11-33-26(32)16-19/h1-5,10-11,16-17,20,22H,6-9,12-15,18H2,(H2,32,33). The van der Waals surface area contributed by atoms with E-state index in [1.165, 1.54) is 6.07 Å². The summed E-state index contributed by atoms with van der Waals surface area (Å²) in [5, 5.41) is 0. The Kier molecular flexibility index (Phi) is 6.95. The number of imidazole rings is 1. The molecule has 2 aliphatic rings. The lowest BCUT2D eigenvalue weighted by atomic mass is 9.93. The number of rotatable bonds is 5. The molecule has 0 spiro atoms. The van der Waals surface area contributed by atoms with E-state index in [0.29, 0.717) is 41.5 Å². The molecule has 202 valence electrons. The number of benzene rings is 1. The number of carbonyl (C=O) groups is 1. The number of pyridine rings is 2. The first kappa shape index (κ1) is 25.4. The van der Waals surface area contributed by atoms with Crippen LogP contribution >= 0.6 is 0 Å². The van der Waals surface area contributed by atoms with Crippen molar-refractivity contribution in [2.45, 2.75) is 38.3 Å². The lowest BCUT2D eigenvalue weighted by Gasteiger charge is -2.38. The Hall–Kier alpha value is -3.92. The van der Waals surface area contributed by atoms with Crippen molar-refractivity contribution in [2.75, 3.05) is 31.9 Å². The fraction of sp³-hybridized carbons (Fsp3) is 0.379. The first-order valence-electron chi connectivity index (χ1n) is 13.5. The number of amides is 1. The second-order valence-corrected chi connectivity index (χ2v) is 10.5. The number of carbonyl (C=O) groups excluding carboxylic acids is 1. The molecule has 0 aliphatic carbocycles.